The van der Waals surface area contributed by atoms with Crippen molar-refractivity contribution in [3.8, 4) is 0 Å². The second-order valence-corrected chi connectivity index (χ2v) is 5.89. The molecule has 3 rings (SSSR count). The number of aromatic nitrogens is 2. The molecule has 0 saturated heterocycles. The van der Waals surface area contributed by atoms with Gasteiger partial charge in [0.05, 0.1) is 18.4 Å². The summed E-state index contributed by atoms with van der Waals surface area (Å²) in [6.07, 6.45) is 3.26. The molecule has 0 atom stereocenters. The average molecular weight is 344 g/mol. The van der Waals surface area contributed by atoms with Gasteiger partial charge in [-0.05, 0) is 36.8 Å². The SMILES string of the molecule is Cc1ccc(C(=O)Nc2cnn(Cc3ccc(F)cc3Cl)c2)cc1. The van der Waals surface area contributed by atoms with Crippen LogP contribution in [0.15, 0.2) is 54.9 Å². The monoisotopic (exact) mass is 343 g/mol. The lowest BCUT2D eigenvalue weighted by atomic mass is 10.1. The summed E-state index contributed by atoms with van der Waals surface area (Å²) in [6, 6.07) is 11.5. The van der Waals surface area contributed by atoms with Gasteiger partial charge in [0.25, 0.3) is 5.91 Å². The van der Waals surface area contributed by atoms with Crippen LogP contribution < -0.4 is 5.32 Å². The Labute approximate surface area is 143 Å². The average Bonchev–Trinajstić information content (AvgIpc) is 2.98. The van der Waals surface area contributed by atoms with Crippen LogP contribution in [0.5, 0.6) is 0 Å². The van der Waals surface area contributed by atoms with Crippen LogP contribution in [0.1, 0.15) is 21.5 Å². The first-order chi connectivity index (χ1) is 11.5. The zero-order valence-corrected chi connectivity index (χ0v) is 13.7. The summed E-state index contributed by atoms with van der Waals surface area (Å²) in [6.45, 7) is 2.35. The van der Waals surface area contributed by atoms with E-state index in [4.69, 9.17) is 11.6 Å². The molecule has 1 aromatic heterocycles. The zero-order valence-electron chi connectivity index (χ0n) is 13.0. The number of anilines is 1. The van der Waals surface area contributed by atoms with Gasteiger partial charge < -0.3 is 5.32 Å². The van der Waals surface area contributed by atoms with Crippen LogP contribution >= 0.6 is 11.6 Å². The molecule has 0 unspecified atom stereocenters. The number of amides is 1. The molecular weight excluding hydrogens is 329 g/mol. The highest BCUT2D eigenvalue weighted by Gasteiger charge is 2.08. The summed E-state index contributed by atoms with van der Waals surface area (Å²) in [4.78, 5) is 12.2. The summed E-state index contributed by atoms with van der Waals surface area (Å²) in [7, 11) is 0. The summed E-state index contributed by atoms with van der Waals surface area (Å²) >= 11 is 6.01. The van der Waals surface area contributed by atoms with Crippen LogP contribution in [0.2, 0.25) is 5.02 Å². The highest BCUT2D eigenvalue weighted by atomic mass is 35.5. The van der Waals surface area contributed by atoms with Crippen LogP contribution in [-0.2, 0) is 6.54 Å². The molecule has 24 heavy (non-hydrogen) atoms. The molecule has 0 saturated carbocycles. The van der Waals surface area contributed by atoms with Crippen molar-refractivity contribution in [3.05, 3.63) is 82.4 Å². The maximum atomic E-state index is 13.1. The lowest BCUT2D eigenvalue weighted by Gasteiger charge is -2.05. The molecule has 0 fully saturated rings. The van der Waals surface area contributed by atoms with Crippen molar-refractivity contribution < 1.29 is 9.18 Å². The molecule has 0 radical (unpaired) electrons. The number of carbonyl (C=O) groups is 1. The third-order valence-electron chi connectivity index (χ3n) is 3.55. The number of carbonyl (C=O) groups excluding carboxylic acids is 1. The normalized spacial score (nSPS) is 10.6. The number of nitrogens with zero attached hydrogens (tertiary/aromatic N) is 2. The third-order valence-corrected chi connectivity index (χ3v) is 3.90. The van der Waals surface area contributed by atoms with Gasteiger partial charge in [0.15, 0.2) is 0 Å². The van der Waals surface area contributed by atoms with Gasteiger partial charge in [-0.1, -0.05) is 35.4 Å². The van der Waals surface area contributed by atoms with Gasteiger partial charge in [0.1, 0.15) is 5.82 Å². The van der Waals surface area contributed by atoms with Gasteiger partial charge in [-0.15, -0.1) is 0 Å². The van der Waals surface area contributed by atoms with Crippen molar-refractivity contribution in [2.75, 3.05) is 5.32 Å². The minimum atomic E-state index is -0.379. The number of hydrogen-bond donors (Lipinski definition) is 1. The van der Waals surface area contributed by atoms with Crippen LogP contribution in [-0.4, -0.2) is 15.7 Å². The number of nitrogens with one attached hydrogen (secondary N) is 1. The molecule has 122 valence electrons. The molecule has 1 amide bonds. The van der Waals surface area contributed by atoms with E-state index in [-0.39, 0.29) is 11.7 Å². The number of rotatable bonds is 4. The lowest BCUT2D eigenvalue weighted by molar-refractivity contribution is 0.102. The number of hydrogen-bond acceptors (Lipinski definition) is 2. The second-order valence-electron chi connectivity index (χ2n) is 5.48. The van der Waals surface area contributed by atoms with Gasteiger partial charge in [-0.25, -0.2) is 4.39 Å². The molecule has 0 aliphatic rings. The molecule has 1 heterocycles. The van der Waals surface area contributed by atoms with Crippen LogP contribution in [0, 0.1) is 12.7 Å². The van der Waals surface area contributed by atoms with Gasteiger partial charge >= 0.3 is 0 Å². The van der Waals surface area contributed by atoms with Crippen molar-refractivity contribution >= 4 is 23.2 Å². The predicted octanol–water partition coefficient (Wildman–Crippen LogP) is 4.28. The smallest absolute Gasteiger partial charge is 0.255 e. The van der Waals surface area contributed by atoms with Crippen molar-refractivity contribution in [2.24, 2.45) is 0 Å². The van der Waals surface area contributed by atoms with Gasteiger partial charge in [0, 0.05) is 16.8 Å². The first-order valence-corrected chi connectivity index (χ1v) is 7.73. The number of benzene rings is 2. The molecule has 0 bridgehead atoms. The zero-order chi connectivity index (χ0) is 17.1. The molecule has 0 aliphatic heterocycles. The Bertz CT molecular complexity index is 874. The molecular formula is C18H15ClFN3O. The Hall–Kier alpha value is -2.66. The van der Waals surface area contributed by atoms with E-state index < -0.39 is 0 Å². The van der Waals surface area contributed by atoms with Crippen molar-refractivity contribution in [1.29, 1.82) is 0 Å². The minimum absolute atomic E-state index is 0.200. The van der Waals surface area contributed by atoms with E-state index in [1.54, 1.807) is 35.3 Å². The fourth-order valence-electron chi connectivity index (χ4n) is 2.25. The van der Waals surface area contributed by atoms with Crippen LogP contribution in [0.3, 0.4) is 0 Å². The van der Waals surface area contributed by atoms with E-state index in [0.717, 1.165) is 11.1 Å². The fraction of sp³-hybridized carbons (Fsp3) is 0.111. The van der Waals surface area contributed by atoms with Gasteiger partial charge in [-0.2, -0.15) is 5.10 Å². The van der Waals surface area contributed by atoms with Gasteiger partial charge in [-0.3, -0.25) is 9.48 Å². The Morgan fingerprint density at radius 2 is 2.00 bits per heavy atom. The highest BCUT2D eigenvalue weighted by molar-refractivity contribution is 6.31. The lowest BCUT2D eigenvalue weighted by Crippen LogP contribution is -2.11. The molecule has 4 nitrogen and oxygen atoms in total. The molecule has 3 aromatic rings. The molecule has 6 heteroatoms. The standard InChI is InChI=1S/C18H15ClFN3O/c1-12-2-4-13(5-3-12)18(24)22-16-9-21-23(11-16)10-14-6-7-15(20)8-17(14)19/h2-9,11H,10H2,1H3,(H,22,24). The largest absolute Gasteiger partial charge is 0.319 e. The van der Waals surface area contributed by atoms with E-state index in [0.29, 0.717) is 22.8 Å². The molecule has 2 aromatic carbocycles. The second kappa shape index (κ2) is 6.84. The highest BCUT2D eigenvalue weighted by Crippen LogP contribution is 2.19. The van der Waals surface area contributed by atoms with E-state index in [9.17, 15) is 9.18 Å². The maximum absolute atomic E-state index is 13.1. The quantitative estimate of drug-likeness (QED) is 0.768. The van der Waals surface area contributed by atoms with E-state index in [1.165, 1.54) is 12.1 Å². The Morgan fingerprint density at radius 3 is 2.71 bits per heavy atom. The number of halogens is 2. The Kier molecular flexibility index (Phi) is 4.62. The summed E-state index contributed by atoms with van der Waals surface area (Å²) < 4.78 is 14.7. The van der Waals surface area contributed by atoms with Crippen molar-refractivity contribution in [2.45, 2.75) is 13.5 Å². The molecule has 0 spiro atoms. The fourth-order valence-corrected chi connectivity index (χ4v) is 2.47. The van der Waals surface area contributed by atoms with E-state index in [1.807, 2.05) is 19.1 Å². The van der Waals surface area contributed by atoms with E-state index in [2.05, 4.69) is 10.4 Å². The van der Waals surface area contributed by atoms with Crippen LogP contribution in [0.25, 0.3) is 0 Å². The maximum Gasteiger partial charge on any atom is 0.255 e. The summed E-state index contributed by atoms with van der Waals surface area (Å²) in [5.74, 6) is -0.579. The Balaban J connectivity index is 1.69. The minimum Gasteiger partial charge on any atom is -0.319 e. The Morgan fingerprint density at radius 1 is 1.25 bits per heavy atom. The first kappa shape index (κ1) is 16.2. The van der Waals surface area contributed by atoms with Crippen molar-refractivity contribution in [1.82, 2.24) is 9.78 Å². The van der Waals surface area contributed by atoms with Crippen molar-refractivity contribution in [3.63, 3.8) is 0 Å². The summed E-state index contributed by atoms with van der Waals surface area (Å²) in [5.41, 5.74) is 3.00. The predicted molar refractivity (Wildman–Crippen MR) is 91.9 cm³/mol. The van der Waals surface area contributed by atoms with Crippen LogP contribution in [0.4, 0.5) is 10.1 Å². The molecule has 0 aliphatic carbocycles. The summed E-state index contributed by atoms with van der Waals surface area (Å²) in [5, 5.41) is 7.32. The number of aryl methyl sites for hydroxylation is 1. The topological polar surface area (TPSA) is 46.9 Å². The molecule has 1 N–H and O–H groups in total. The van der Waals surface area contributed by atoms with E-state index >= 15 is 0 Å². The van der Waals surface area contributed by atoms with Gasteiger partial charge in [0.2, 0.25) is 0 Å². The third kappa shape index (κ3) is 3.81. The first-order valence-electron chi connectivity index (χ1n) is 7.36.